The highest BCUT2D eigenvalue weighted by atomic mass is 16.5. The number of carbonyl (C=O) groups is 1. The highest BCUT2D eigenvalue weighted by molar-refractivity contribution is 5.87. The van der Waals surface area contributed by atoms with Crippen LogP contribution in [0.4, 0.5) is 0 Å². The summed E-state index contributed by atoms with van der Waals surface area (Å²) in [6, 6.07) is 9.73. The van der Waals surface area contributed by atoms with Crippen molar-refractivity contribution in [2.45, 2.75) is 58.3 Å². The third-order valence-corrected chi connectivity index (χ3v) is 4.00. The van der Waals surface area contributed by atoms with Crippen LogP contribution in [0.3, 0.4) is 0 Å². The van der Waals surface area contributed by atoms with Crippen LogP contribution in [0.5, 0.6) is 0 Å². The second kappa shape index (κ2) is 14.9. The Labute approximate surface area is 159 Å². The largest absolute Gasteiger partial charge is 0.428 e. The Morgan fingerprint density at radius 3 is 2.38 bits per heavy atom. The minimum atomic E-state index is -0.338. The monoisotopic (exact) mass is 352 g/mol. The lowest BCUT2D eigenvalue weighted by molar-refractivity contribution is -0.133. The Kier molecular flexibility index (Phi) is 12.5. The van der Waals surface area contributed by atoms with Crippen molar-refractivity contribution in [1.29, 1.82) is 0 Å². The lowest BCUT2D eigenvalue weighted by atomic mass is 10.1. The van der Waals surface area contributed by atoms with E-state index in [1.165, 1.54) is 44.6 Å². The Bertz CT molecular complexity index is 594. The van der Waals surface area contributed by atoms with Gasteiger partial charge in [0, 0.05) is 12.5 Å². The van der Waals surface area contributed by atoms with Crippen molar-refractivity contribution in [1.82, 2.24) is 0 Å². The molecule has 0 N–H and O–H groups in total. The van der Waals surface area contributed by atoms with Crippen molar-refractivity contribution in [3.05, 3.63) is 78.6 Å². The van der Waals surface area contributed by atoms with Gasteiger partial charge in [0.2, 0.25) is 0 Å². The van der Waals surface area contributed by atoms with Gasteiger partial charge in [-0.25, -0.2) is 4.79 Å². The number of ether oxygens (including phenoxy) is 1. The second-order valence-electron chi connectivity index (χ2n) is 6.29. The van der Waals surface area contributed by atoms with Crippen LogP contribution in [-0.2, 0) is 9.53 Å². The summed E-state index contributed by atoms with van der Waals surface area (Å²) in [5, 5.41) is 0. The van der Waals surface area contributed by atoms with E-state index in [9.17, 15) is 4.79 Å². The summed E-state index contributed by atoms with van der Waals surface area (Å²) < 4.78 is 5.51. The molecule has 0 unspecified atom stereocenters. The molecule has 0 heterocycles. The lowest BCUT2D eigenvalue weighted by Crippen LogP contribution is -2.01. The van der Waals surface area contributed by atoms with Crippen LogP contribution in [-0.4, -0.2) is 5.97 Å². The number of hydrogen-bond acceptors (Lipinski definition) is 2. The van der Waals surface area contributed by atoms with Gasteiger partial charge in [-0.2, -0.15) is 0 Å². The zero-order valence-electron chi connectivity index (χ0n) is 16.0. The van der Waals surface area contributed by atoms with E-state index in [1.807, 2.05) is 48.6 Å². The average Bonchev–Trinajstić information content (AvgIpc) is 2.66. The molecule has 0 aliphatic rings. The van der Waals surface area contributed by atoms with Gasteiger partial charge < -0.3 is 4.74 Å². The molecule has 0 saturated carbocycles. The molecule has 0 aliphatic carbocycles. The van der Waals surface area contributed by atoms with Crippen LogP contribution < -0.4 is 0 Å². The van der Waals surface area contributed by atoms with Gasteiger partial charge in [0.15, 0.2) is 0 Å². The zero-order chi connectivity index (χ0) is 18.9. The SMILES string of the molecule is C=CC=CC=C(CCCCCCCCC)OC(=O)C=Cc1ccccc1. The molecule has 2 heteroatoms. The molecule has 0 amide bonds. The van der Waals surface area contributed by atoms with Gasteiger partial charge in [0.25, 0.3) is 0 Å². The molecule has 1 rings (SSSR count). The summed E-state index contributed by atoms with van der Waals surface area (Å²) in [5.41, 5.74) is 0.980. The maximum Gasteiger partial charge on any atom is 0.335 e. The van der Waals surface area contributed by atoms with E-state index in [-0.39, 0.29) is 5.97 Å². The van der Waals surface area contributed by atoms with Crippen molar-refractivity contribution in [2.75, 3.05) is 0 Å². The molecule has 2 nitrogen and oxygen atoms in total. The number of allylic oxidation sites excluding steroid dienone is 5. The quantitative estimate of drug-likeness (QED) is 0.125. The van der Waals surface area contributed by atoms with Gasteiger partial charge in [-0.05, 0) is 24.1 Å². The normalized spacial score (nSPS) is 12.0. The van der Waals surface area contributed by atoms with Crippen molar-refractivity contribution >= 4 is 12.0 Å². The van der Waals surface area contributed by atoms with Gasteiger partial charge in [0.05, 0.1) is 0 Å². The fraction of sp³-hybridized carbons (Fsp3) is 0.375. The van der Waals surface area contributed by atoms with Gasteiger partial charge in [-0.1, -0.05) is 101 Å². The maximum atomic E-state index is 12.1. The number of carbonyl (C=O) groups excluding carboxylic acids is 1. The first kappa shape index (κ1) is 21.7. The molecule has 1 aromatic rings. The molecule has 0 bridgehead atoms. The number of unbranched alkanes of at least 4 members (excludes halogenated alkanes) is 6. The molecule has 0 spiro atoms. The number of esters is 1. The summed E-state index contributed by atoms with van der Waals surface area (Å²) in [5.74, 6) is 0.370. The molecule has 0 saturated heterocycles. The van der Waals surface area contributed by atoms with Crippen molar-refractivity contribution in [3.63, 3.8) is 0 Å². The molecular weight excluding hydrogens is 320 g/mol. The number of rotatable bonds is 13. The molecule has 0 fully saturated rings. The van der Waals surface area contributed by atoms with E-state index < -0.39 is 0 Å². The summed E-state index contributed by atoms with van der Waals surface area (Å²) in [4.78, 5) is 12.1. The van der Waals surface area contributed by atoms with Gasteiger partial charge in [0.1, 0.15) is 5.76 Å². The molecule has 1 aromatic carbocycles. The molecule has 26 heavy (non-hydrogen) atoms. The van der Waals surface area contributed by atoms with E-state index >= 15 is 0 Å². The molecular formula is C24H32O2. The van der Waals surface area contributed by atoms with Crippen molar-refractivity contribution in [2.24, 2.45) is 0 Å². The first-order valence-corrected chi connectivity index (χ1v) is 9.69. The van der Waals surface area contributed by atoms with E-state index in [0.29, 0.717) is 5.76 Å². The minimum Gasteiger partial charge on any atom is -0.428 e. The summed E-state index contributed by atoms with van der Waals surface area (Å²) in [6.07, 6.45) is 19.9. The van der Waals surface area contributed by atoms with Crippen LogP contribution in [0.2, 0.25) is 0 Å². The Morgan fingerprint density at radius 2 is 1.69 bits per heavy atom. The van der Waals surface area contributed by atoms with Crippen molar-refractivity contribution < 1.29 is 9.53 Å². The standard InChI is InChI=1S/C24H32O2/c1-3-5-7-8-9-10-15-19-23(18-12-6-4-2)26-24(25)21-20-22-16-13-11-14-17-22/h4,6,11-14,16-18,20-21H,2-3,5,7-10,15,19H2,1H3. The van der Waals surface area contributed by atoms with E-state index in [2.05, 4.69) is 13.5 Å². The molecule has 0 aliphatic heterocycles. The van der Waals surface area contributed by atoms with Crippen LogP contribution in [0.1, 0.15) is 63.9 Å². The van der Waals surface area contributed by atoms with E-state index in [0.717, 1.165) is 18.4 Å². The van der Waals surface area contributed by atoms with Gasteiger partial charge in [-0.3, -0.25) is 0 Å². The lowest BCUT2D eigenvalue weighted by Gasteiger charge is -2.07. The second-order valence-corrected chi connectivity index (χ2v) is 6.29. The summed E-state index contributed by atoms with van der Waals surface area (Å²) >= 11 is 0. The van der Waals surface area contributed by atoms with E-state index in [1.54, 1.807) is 12.2 Å². The fourth-order valence-electron chi connectivity index (χ4n) is 2.56. The summed E-state index contributed by atoms with van der Waals surface area (Å²) in [6.45, 7) is 5.89. The average molecular weight is 353 g/mol. The highest BCUT2D eigenvalue weighted by Gasteiger charge is 2.04. The topological polar surface area (TPSA) is 26.3 Å². The smallest absolute Gasteiger partial charge is 0.335 e. The fourth-order valence-corrected chi connectivity index (χ4v) is 2.56. The third-order valence-electron chi connectivity index (χ3n) is 4.00. The Hall–Kier alpha value is -2.35. The van der Waals surface area contributed by atoms with Crippen LogP contribution >= 0.6 is 0 Å². The van der Waals surface area contributed by atoms with Gasteiger partial charge >= 0.3 is 5.97 Å². The van der Waals surface area contributed by atoms with Crippen molar-refractivity contribution in [3.8, 4) is 0 Å². The van der Waals surface area contributed by atoms with Crippen LogP contribution in [0, 0.1) is 0 Å². The Balaban J connectivity index is 2.45. The predicted molar refractivity (Wildman–Crippen MR) is 112 cm³/mol. The minimum absolute atomic E-state index is 0.338. The zero-order valence-corrected chi connectivity index (χ0v) is 16.0. The number of benzene rings is 1. The first-order valence-electron chi connectivity index (χ1n) is 9.69. The molecule has 0 atom stereocenters. The molecule has 0 radical (unpaired) electrons. The summed E-state index contributed by atoms with van der Waals surface area (Å²) in [7, 11) is 0. The van der Waals surface area contributed by atoms with Gasteiger partial charge in [-0.15, -0.1) is 0 Å². The molecule has 140 valence electrons. The van der Waals surface area contributed by atoms with Crippen LogP contribution in [0.15, 0.2) is 73.1 Å². The van der Waals surface area contributed by atoms with E-state index in [4.69, 9.17) is 4.74 Å². The molecule has 0 aromatic heterocycles. The first-order chi connectivity index (χ1) is 12.8. The maximum absolute atomic E-state index is 12.1. The predicted octanol–water partition coefficient (Wildman–Crippen LogP) is 7.01. The highest BCUT2D eigenvalue weighted by Crippen LogP contribution is 2.14. The number of hydrogen-bond donors (Lipinski definition) is 0. The third kappa shape index (κ3) is 11.2. The van der Waals surface area contributed by atoms with Crippen LogP contribution in [0.25, 0.3) is 6.08 Å². The Morgan fingerprint density at radius 1 is 1.00 bits per heavy atom.